The first kappa shape index (κ1) is 11.0. The Labute approximate surface area is 95.7 Å². The van der Waals surface area contributed by atoms with Gasteiger partial charge in [-0.3, -0.25) is 4.79 Å². The highest BCUT2D eigenvalue weighted by Crippen LogP contribution is 2.17. The summed E-state index contributed by atoms with van der Waals surface area (Å²) in [5.74, 6) is 0.820. The van der Waals surface area contributed by atoms with E-state index in [9.17, 15) is 4.79 Å². The van der Waals surface area contributed by atoms with Gasteiger partial charge in [-0.25, -0.2) is 9.97 Å². The van der Waals surface area contributed by atoms with Crippen LogP contribution in [0.25, 0.3) is 0 Å². The molecule has 4 nitrogen and oxygen atoms in total. The van der Waals surface area contributed by atoms with E-state index < -0.39 is 0 Å². The van der Waals surface area contributed by atoms with Gasteiger partial charge in [-0.2, -0.15) is 0 Å². The van der Waals surface area contributed by atoms with E-state index in [-0.39, 0.29) is 5.91 Å². The van der Waals surface area contributed by atoms with Crippen molar-refractivity contribution in [2.24, 2.45) is 0 Å². The summed E-state index contributed by atoms with van der Waals surface area (Å²) < 4.78 is 0. The Hall–Kier alpha value is -1.45. The SMILES string of the molecule is Cc1nc(C)c(C(=O)N2CCCC2)c(C)n1. The summed E-state index contributed by atoms with van der Waals surface area (Å²) in [4.78, 5) is 22.7. The number of likely N-dealkylation sites (tertiary alicyclic amines) is 1. The van der Waals surface area contributed by atoms with Gasteiger partial charge in [-0.1, -0.05) is 0 Å². The van der Waals surface area contributed by atoms with Crippen molar-refractivity contribution in [3.05, 3.63) is 22.8 Å². The van der Waals surface area contributed by atoms with Crippen LogP contribution in [0.1, 0.15) is 40.4 Å². The van der Waals surface area contributed by atoms with Crippen molar-refractivity contribution in [3.8, 4) is 0 Å². The topological polar surface area (TPSA) is 46.1 Å². The van der Waals surface area contributed by atoms with Gasteiger partial charge in [-0.05, 0) is 33.6 Å². The van der Waals surface area contributed by atoms with Crippen molar-refractivity contribution in [1.82, 2.24) is 14.9 Å². The molecular formula is C12H17N3O. The number of hydrogen-bond acceptors (Lipinski definition) is 3. The van der Waals surface area contributed by atoms with Gasteiger partial charge < -0.3 is 4.90 Å². The van der Waals surface area contributed by atoms with Gasteiger partial charge >= 0.3 is 0 Å². The third kappa shape index (κ3) is 1.92. The quantitative estimate of drug-likeness (QED) is 0.721. The van der Waals surface area contributed by atoms with Gasteiger partial charge in [0.1, 0.15) is 5.82 Å². The van der Waals surface area contributed by atoms with Crippen LogP contribution in [0.15, 0.2) is 0 Å². The molecule has 1 amide bonds. The molecule has 1 fully saturated rings. The first-order valence-electron chi connectivity index (χ1n) is 5.70. The van der Waals surface area contributed by atoms with E-state index in [0.29, 0.717) is 5.56 Å². The standard InChI is InChI=1S/C12H17N3O/c1-8-11(9(2)14-10(3)13-8)12(16)15-6-4-5-7-15/h4-7H2,1-3H3. The van der Waals surface area contributed by atoms with Gasteiger partial charge in [0.25, 0.3) is 5.91 Å². The number of aromatic nitrogens is 2. The van der Waals surface area contributed by atoms with Gasteiger partial charge in [0, 0.05) is 13.1 Å². The fourth-order valence-electron chi connectivity index (χ4n) is 2.27. The van der Waals surface area contributed by atoms with Crippen molar-refractivity contribution < 1.29 is 4.79 Å². The Morgan fingerprint density at radius 2 is 1.56 bits per heavy atom. The molecule has 0 spiro atoms. The molecule has 1 aliphatic heterocycles. The largest absolute Gasteiger partial charge is 0.339 e. The predicted octanol–water partition coefficient (Wildman–Crippen LogP) is 1.64. The number of carbonyl (C=O) groups excluding carboxylic acids is 1. The molecule has 2 rings (SSSR count). The summed E-state index contributed by atoms with van der Waals surface area (Å²) in [6.07, 6.45) is 2.22. The van der Waals surface area contributed by atoms with E-state index in [1.807, 2.05) is 25.7 Å². The van der Waals surface area contributed by atoms with Crippen molar-refractivity contribution in [2.75, 3.05) is 13.1 Å². The Bertz CT molecular complexity index is 399. The molecule has 0 aromatic carbocycles. The first-order chi connectivity index (χ1) is 7.59. The lowest BCUT2D eigenvalue weighted by molar-refractivity contribution is 0.0790. The van der Waals surface area contributed by atoms with Crippen LogP contribution in [-0.2, 0) is 0 Å². The summed E-state index contributed by atoms with van der Waals surface area (Å²) >= 11 is 0. The minimum Gasteiger partial charge on any atom is -0.339 e. The van der Waals surface area contributed by atoms with Gasteiger partial charge in [-0.15, -0.1) is 0 Å². The smallest absolute Gasteiger partial charge is 0.257 e. The fraction of sp³-hybridized carbons (Fsp3) is 0.583. The zero-order valence-electron chi connectivity index (χ0n) is 10.1. The molecule has 0 unspecified atom stereocenters. The molecule has 0 aliphatic carbocycles. The zero-order valence-corrected chi connectivity index (χ0v) is 10.1. The van der Waals surface area contributed by atoms with E-state index in [0.717, 1.165) is 43.1 Å². The molecule has 0 saturated carbocycles. The molecule has 1 saturated heterocycles. The fourth-order valence-corrected chi connectivity index (χ4v) is 2.27. The maximum atomic E-state index is 12.2. The molecule has 1 aromatic rings. The van der Waals surface area contributed by atoms with E-state index in [1.54, 1.807) is 0 Å². The molecule has 1 aromatic heterocycles. The van der Waals surface area contributed by atoms with Crippen LogP contribution in [-0.4, -0.2) is 33.9 Å². The van der Waals surface area contributed by atoms with Gasteiger partial charge in [0.2, 0.25) is 0 Å². The Balaban J connectivity index is 2.35. The van der Waals surface area contributed by atoms with Crippen molar-refractivity contribution in [3.63, 3.8) is 0 Å². The van der Waals surface area contributed by atoms with Crippen LogP contribution in [0.4, 0.5) is 0 Å². The highest BCUT2D eigenvalue weighted by atomic mass is 16.2. The van der Waals surface area contributed by atoms with E-state index in [1.165, 1.54) is 0 Å². The molecule has 0 bridgehead atoms. The highest BCUT2D eigenvalue weighted by molar-refractivity contribution is 5.96. The number of aryl methyl sites for hydroxylation is 3. The highest BCUT2D eigenvalue weighted by Gasteiger charge is 2.23. The summed E-state index contributed by atoms with van der Waals surface area (Å²) in [6.45, 7) is 7.34. The molecule has 4 heteroatoms. The third-order valence-electron chi connectivity index (χ3n) is 2.99. The second-order valence-corrected chi connectivity index (χ2v) is 4.32. The van der Waals surface area contributed by atoms with Crippen LogP contribution in [0, 0.1) is 20.8 Å². The van der Waals surface area contributed by atoms with Gasteiger partial charge in [0.05, 0.1) is 17.0 Å². The third-order valence-corrected chi connectivity index (χ3v) is 2.99. The molecular weight excluding hydrogens is 202 g/mol. The number of rotatable bonds is 1. The normalized spacial score (nSPS) is 15.6. The van der Waals surface area contributed by atoms with Crippen LogP contribution < -0.4 is 0 Å². The Morgan fingerprint density at radius 3 is 2.06 bits per heavy atom. The molecule has 1 aliphatic rings. The summed E-state index contributed by atoms with van der Waals surface area (Å²) in [5.41, 5.74) is 2.27. The van der Waals surface area contributed by atoms with E-state index in [2.05, 4.69) is 9.97 Å². The summed E-state index contributed by atoms with van der Waals surface area (Å²) in [5, 5.41) is 0. The molecule has 0 atom stereocenters. The van der Waals surface area contributed by atoms with Crippen LogP contribution in [0.3, 0.4) is 0 Å². The lowest BCUT2D eigenvalue weighted by atomic mass is 10.1. The lowest BCUT2D eigenvalue weighted by Gasteiger charge is -2.17. The minimum atomic E-state index is 0.0903. The number of amides is 1. The number of hydrogen-bond donors (Lipinski definition) is 0. The first-order valence-corrected chi connectivity index (χ1v) is 5.70. The van der Waals surface area contributed by atoms with Crippen LogP contribution in [0.5, 0.6) is 0 Å². The number of carbonyl (C=O) groups is 1. The molecule has 0 N–H and O–H groups in total. The second-order valence-electron chi connectivity index (χ2n) is 4.32. The summed E-state index contributed by atoms with van der Waals surface area (Å²) in [6, 6.07) is 0. The monoisotopic (exact) mass is 219 g/mol. The lowest BCUT2D eigenvalue weighted by Crippen LogP contribution is -2.29. The number of nitrogens with zero attached hydrogens (tertiary/aromatic N) is 3. The average Bonchev–Trinajstić information content (AvgIpc) is 2.67. The van der Waals surface area contributed by atoms with Crippen molar-refractivity contribution in [1.29, 1.82) is 0 Å². The second kappa shape index (κ2) is 4.20. The molecule has 86 valence electrons. The van der Waals surface area contributed by atoms with Crippen LogP contribution in [0.2, 0.25) is 0 Å². The maximum absolute atomic E-state index is 12.2. The van der Waals surface area contributed by atoms with Crippen LogP contribution >= 0.6 is 0 Å². The molecule has 0 radical (unpaired) electrons. The Kier molecular flexibility index (Phi) is 2.90. The van der Waals surface area contributed by atoms with E-state index >= 15 is 0 Å². The van der Waals surface area contributed by atoms with Gasteiger partial charge in [0.15, 0.2) is 0 Å². The molecule has 2 heterocycles. The van der Waals surface area contributed by atoms with Crippen molar-refractivity contribution in [2.45, 2.75) is 33.6 Å². The minimum absolute atomic E-state index is 0.0903. The average molecular weight is 219 g/mol. The Morgan fingerprint density at radius 1 is 1.06 bits per heavy atom. The van der Waals surface area contributed by atoms with Crippen molar-refractivity contribution >= 4 is 5.91 Å². The predicted molar refractivity (Wildman–Crippen MR) is 61.4 cm³/mol. The zero-order chi connectivity index (χ0) is 11.7. The molecule has 16 heavy (non-hydrogen) atoms. The van der Waals surface area contributed by atoms with E-state index in [4.69, 9.17) is 0 Å². The summed E-state index contributed by atoms with van der Waals surface area (Å²) in [7, 11) is 0. The maximum Gasteiger partial charge on any atom is 0.257 e.